The monoisotopic (exact) mass is 318 g/mol. The van der Waals surface area contributed by atoms with Crippen molar-refractivity contribution in [1.82, 2.24) is 9.80 Å². The Morgan fingerprint density at radius 3 is 2.83 bits per heavy atom. The second kappa shape index (κ2) is 7.68. The van der Waals surface area contributed by atoms with Crippen LogP contribution in [0.3, 0.4) is 0 Å². The number of phenolic OH excluding ortho intramolecular Hbond substituents is 1. The van der Waals surface area contributed by atoms with Crippen LogP contribution in [-0.4, -0.2) is 59.8 Å². The number of hydrogen-bond donors (Lipinski definition) is 1. The lowest BCUT2D eigenvalue weighted by molar-refractivity contribution is 0.0350. The molecule has 2 heterocycles. The molecule has 3 rings (SSSR count). The first-order valence-electron chi connectivity index (χ1n) is 8.65. The third-order valence-corrected chi connectivity index (χ3v) is 4.83. The van der Waals surface area contributed by atoms with E-state index in [2.05, 4.69) is 4.90 Å². The number of rotatable bonds is 3. The lowest BCUT2D eigenvalue weighted by Gasteiger charge is -2.40. The number of benzene rings is 1. The number of aryl methyl sites for hydroxylation is 1. The number of morpholine rings is 1. The third kappa shape index (κ3) is 4.16. The molecule has 0 bridgehead atoms. The summed E-state index contributed by atoms with van der Waals surface area (Å²) in [7, 11) is 0. The van der Waals surface area contributed by atoms with Crippen molar-refractivity contribution < 1.29 is 14.6 Å². The van der Waals surface area contributed by atoms with Crippen LogP contribution in [0.1, 0.15) is 31.2 Å². The molecule has 2 fully saturated rings. The summed E-state index contributed by atoms with van der Waals surface area (Å²) in [5.74, 6) is 0.312. The van der Waals surface area contributed by atoms with E-state index in [9.17, 15) is 9.90 Å². The Morgan fingerprint density at radius 2 is 2.04 bits per heavy atom. The molecular weight excluding hydrogens is 292 g/mol. The number of likely N-dealkylation sites (tertiary alicyclic amines) is 1. The van der Waals surface area contributed by atoms with Gasteiger partial charge < -0.3 is 19.6 Å². The van der Waals surface area contributed by atoms with Crippen LogP contribution in [0, 0.1) is 0 Å². The number of aromatic hydroxyl groups is 1. The molecule has 1 aromatic rings. The summed E-state index contributed by atoms with van der Waals surface area (Å²) >= 11 is 0. The predicted octanol–water partition coefficient (Wildman–Crippen LogP) is 2.63. The normalized spacial score (nSPS) is 22.2. The molecule has 2 saturated heterocycles. The molecule has 1 aromatic carbocycles. The van der Waals surface area contributed by atoms with Crippen molar-refractivity contribution in [2.45, 2.75) is 38.1 Å². The van der Waals surface area contributed by atoms with Gasteiger partial charge in [-0.15, -0.1) is 0 Å². The van der Waals surface area contributed by atoms with Gasteiger partial charge in [-0.3, -0.25) is 0 Å². The zero-order valence-corrected chi connectivity index (χ0v) is 13.6. The average Bonchev–Trinajstić information content (AvgIpc) is 2.60. The summed E-state index contributed by atoms with van der Waals surface area (Å²) in [6.07, 6.45) is 5.22. The number of nitrogens with zero attached hydrogens (tertiary/aromatic N) is 2. The highest BCUT2D eigenvalue weighted by Gasteiger charge is 2.30. The van der Waals surface area contributed by atoms with E-state index in [0.717, 1.165) is 37.8 Å². The average molecular weight is 318 g/mol. The Morgan fingerprint density at radius 1 is 1.22 bits per heavy atom. The summed E-state index contributed by atoms with van der Waals surface area (Å²) in [4.78, 5) is 16.8. The standard InChI is InChI=1S/C18H26N2O3/c21-17-6-3-4-15(14-17)7-8-16-5-1-2-9-20(16)18(22)19-10-12-23-13-11-19/h3-4,6,14,16,21H,1-2,5,7-13H2/t16-/m1/s1. The highest BCUT2D eigenvalue weighted by molar-refractivity contribution is 5.75. The van der Waals surface area contributed by atoms with Crippen LogP contribution >= 0.6 is 0 Å². The Bertz CT molecular complexity index is 529. The quantitative estimate of drug-likeness (QED) is 0.932. The first kappa shape index (κ1) is 16.1. The fourth-order valence-corrected chi connectivity index (χ4v) is 3.53. The first-order valence-corrected chi connectivity index (χ1v) is 8.65. The maximum absolute atomic E-state index is 12.8. The fourth-order valence-electron chi connectivity index (χ4n) is 3.53. The smallest absolute Gasteiger partial charge is 0.320 e. The molecule has 5 nitrogen and oxygen atoms in total. The van der Waals surface area contributed by atoms with E-state index in [4.69, 9.17) is 4.74 Å². The third-order valence-electron chi connectivity index (χ3n) is 4.83. The SMILES string of the molecule is O=C(N1CCOCC1)N1CCCC[C@@H]1CCc1cccc(O)c1. The number of piperidine rings is 1. The molecule has 0 unspecified atom stereocenters. The number of phenols is 1. The fraction of sp³-hybridized carbons (Fsp3) is 0.611. The zero-order chi connectivity index (χ0) is 16.1. The summed E-state index contributed by atoms with van der Waals surface area (Å²) in [6, 6.07) is 7.91. The van der Waals surface area contributed by atoms with E-state index >= 15 is 0 Å². The summed E-state index contributed by atoms with van der Waals surface area (Å²) < 4.78 is 5.34. The zero-order valence-electron chi connectivity index (χ0n) is 13.6. The van der Waals surface area contributed by atoms with Gasteiger partial charge >= 0.3 is 6.03 Å². The summed E-state index contributed by atoms with van der Waals surface area (Å²) in [5, 5.41) is 9.58. The van der Waals surface area contributed by atoms with E-state index in [1.165, 1.54) is 6.42 Å². The van der Waals surface area contributed by atoms with Crippen LogP contribution in [0.2, 0.25) is 0 Å². The van der Waals surface area contributed by atoms with Crippen molar-refractivity contribution in [3.63, 3.8) is 0 Å². The Balaban J connectivity index is 1.60. The van der Waals surface area contributed by atoms with Crippen LogP contribution < -0.4 is 0 Å². The van der Waals surface area contributed by atoms with Crippen LogP contribution in [0.5, 0.6) is 5.75 Å². The van der Waals surface area contributed by atoms with Gasteiger partial charge in [-0.1, -0.05) is 12.1 Å². The van der Waals surface area contributed by atoms with Crippen molar-refractivity contribution in [2.75, 3.05) is 32.8 Å². The van der Waals surface area contributed by atoms with Gasteiger partial charge in [0.25, 0.3) is 0 Å². The van der Waals surface area contributed by atoms with Crippen LogP contribution in [-0.2, 0) is 11.2 Å². The Labute approximate surface area is 137 Å². The number of ether oxygens (including phenoxy) is 1. The molecular formula is C18H26N2O3. The largest absolute Gasteiger partial charge is 0.508 e. The van der Waals surface area contributed by atoms with Crippen molar-refractivity contribution in [1.29, 1.82) is 0 Å². The number of amides is 2. The molecule has 5 heteroatoms. The minimum atomic E-state index is 0.175. The number of carbonyl (C=O) groups is 1. The topological polar surface area (TPSA) is 53.0 Å². The molecule has 2 amide bonds. The molecule has 2 aliphatic rings. The maximum atomic E-state index is 12.8. The van der Waals surface area contributed by atoms with Gasteiger partial charge in [0, 0.05) is 25.7 Å². The van der Waals surface area contributed by atoms with Crippen molar-refractivity contribution >= 4 is 6.03 Å². The molecule has 0 spiro atoms. The van der Waals surface area contributed by atoms with Gasteiger partial charge in [0.05, 0.1) is 13.2 Å². The number of hydrogen-bond acceptors (Lipinski definition) is 3. The van der Waals surface area contributed by atoms with Crippen LogP contribution in [0.4, 0.5) is 4.79 Å². The van der Waals surface area contributed by atoms with Gasteiger partial charge in [-0.05, 0) is 49.8 Å². The van der Waals surface area contributed by atoms with Crippen LogP contribution in [0.25, 0.3) is 0 Å². The highest BCUT2D eigenvalue weighted by atomic mass is 16.5. The number of urea groups is 1. The van der Waals surface area contributed by atoms with E-state index in [0.29, 0.717) is 38.1 Å². The molecule has 23 heavy (non-hydrogen) atoms. The molecule has 126 valence electrons. The Hall–Kier alpha value is -1.75. The van der Waals surface area contributed by atoms with Gasteiger partial charge in [-0.2, -0.15) is 0 Å². The van der Waals surface area contributed by atoms with Crippen molar-refractivity contribution in [3.8, 4) is 5.75 Å². The van der Waals surface area contributed by atoms with Crippen LogP contribution in [0.15, 0.2) is 24.3 Å². The second-order valence-electron chi connectivity index (χ2n) is 6.43. The minimum Gasteiger partial charge on any atom is -0.508 e. The molecule has 0 aromatic heterocycles. The Kier molecular flexibility index (Phi) is 5.39. The van der Waals surface area contributed by atoms with E-state index in [-0.39, 0.29) is 6.03 Å². The molecule has 0 radical (unpaired) electrons. The minimum absolute atomic E-state index is 0.175. The molecule has 0 saturated carbocycles. The second-order valence-corrected chi connectivity index (χ2v) is 6.43. The summed E-state index contributed by atoms with van der Waals surface area (Å²) in [5.41, 5.74) is 1.13. The lowest BCUT2D eigenvalue weighted by atomic mass is 9.96. The van der Waals surface area contributed by atoms with Crippen molar-refractivity contribution in [2.24, 2.45) is 0 Å². The first-order chi connectivity index (χ1) is 11.2. The predicted molar refractivity (Wildman–Crippen MR) is 88.6 cm³/mol. The molecule has 0 aliphatic carbocycles. The van der Waals surface area contributed by atoms with E-state index in [1.54, 1.807) is 6.07 Å². The molecule has 1 N–H and O–H groups in total. The molecule has 1 atom stereocenters. The van der Waals surface area contributed by atoms with Gasteiger partial charge in [0.15, 0.2) is 0 Å². The van der Waals surface area contributed by atoms with Gasteiger partial charge in [0.1, 0.15) is 5.75 Å². The lowest BCUT2D eigenvalue weighted by Crippen LogP contribution is -2.53. The number of carbonyl (C=O) groups excluding carboxylic acids is 1. The van der Waals surface area contributed by atoms with Gasteiger partial charge in [-0.25, -0.2) is 4.79 Å². The summed E-state index contributed by atoms with van der Waals surface area (Å²) in [6.45, 7) is 3.56. The molecule has 2 aliphatic heterocycles. The maximum Gasteiger partial charge on any atom is 0.320 e. The van der Waals surface area contributed by atoms with Crippen molar-refractivity contribution in [3.05, 3.63) is 29.8 Å². The van der Waals surface area contributed by atoms with E-state index in [1.807, 2.05) is 23.1 Å². The highest BCUT2D eigenvalue weighted by Crippen LogP contribution is 2.24. The van der Waals surface area contributed by atoms with Gasteiger partial charge in [0.2, 0.25) is 0 Å². The van der Waals surface area contributed by atoms with E-state index < -0.39 is 0 Å².